The van der Waals surface area contributed by atoms with Crippen LogP contribution in [0.5, 0.6) is 0 Å². The van der Waals surface area contributed by atoms with Crippen LogP contribution in [0.1, 0.15) is 18.9 Å². The average molecular weight is 286 g/mol. The highest BCUT2D eigenvalue weighted by Gasteiger charge is 2.25. The minimum Gasteiger partial charge on any atom is -0.480 e. The van der Waals surface area contributed by atoms with E-state index >= 15 is 0 Å². The smallest absolute Gasteiger partial charge is 0.321 e. The summed E-state index contributed by atoms with van der Waals surface area (Å²) in [6.45, 7) is 1.80. The summed E-state index contributed by atoms with van der Waals surface area (Å²) >= 11 is 0. The first-order chi connectivity index (χ1) is 8.86. The van der Waals surface area contributed by atoms with Gasteiger partial charge in [-0.05, 0) is 12.0 Å². The van der Waals surface area contributed by atoms with Gasteiger partial charge in [-0.3, -0.25) is 4.79 Å². The second-order valence-electron chi connectivity index (χ2n) is 4.16. The van der Waals surface area contributed by atoms with E-state index in [1.54, 1.807) is 19.1 Å². The van der Waals surface area contributed by atoms with Crippen LogP contribution in [0.15, 0.2) is 30.3 Å². The Morgan fingerprint density at radius 3 is 2.42 bits per heavy atom. The van der Waals surface area contributed by atoms with E-state index in [0.717, 1.165) is 9.87 Å². The van der Waals surface area contributed by atoms with Crippen molar-refractivity contribution in [3.63, 3.8) is 0 Å². The molecule has 0 fully saturated rings. The average Bonchev–Trinajstić information content (AvgIpc) is 2.36. The van der Waals surface area contributed by atoms with Crippen LogP contribution in [-0.2, 0) is 21.5 Å². The van der Waals surface area contributed by atoms with Crippen LogP contribution in [0.3, 0.4) is 0 Å². The van der Waals surface area contributed by atoms with Gasteiger partial charge in [0.1, 0.15) is 6.04 Å². The molecule has 0 saturated carbocycles. The van der Waals surface area contributed by atoms with Crippen molar-refractivity contribution in [3.05, 3.63) is 35.9 Å². The van der Waals surface area contributed by atoms with Crippen molar-refractivity contribution in [2.24, 2.45) is 0 Å². The van der Waals surface area contributed by atoms with E-state index < -0.39 is 22.2 Å². The Morgan fingerprint density at radius 2 is 1.95 bits per heavy atom. The van der Waals surface area contributed by atoms with Gasteiger partial charge < -0.3 is 5.11 Å². The van der Waals surface area contributed by atoms with E-state index in [-0.39, 0.29) is 13.0 Å². The second-order valence-corrected chi connectivity index (χ2v) is 5.97. The van der Waals surface area contributed by atoms with Gasteiger partial charge >= 0.3 is 5.97 Å². The van der Waals surface area contributed by atoms with Gasteiger partial charge in [0.05, 0.1) is 0 Å². The van der Waals surface area contributed by atoms with Crippen LogP contribution >= 0.6 is 0 Å². The number of hydrogen-bond acceptors (Lipinski definition) is 3. The molecular formula is C12H18N2O4S. The molecule has 1 aromatic carbocycles. The van der Waals surface area contributed by atoms with Gasteiger partial charge in [0.25, 0.3) is 10.2 Å². The molecule has 0 bridgehead atoms. The van der Waals surface area contributed by atoms with E-state index in [2.05, 4.69) is 4.72 Å². The quantitative estimate of drug-likeness (QED) is 0.777. The highest BCUT2D eigenvalue weighted by Crippen LogP contribution is 2.07. The molecule has 2 N–H and O–H groups in total. The third-order valence-corrected chi connectivity index (χ3v) is 4.19. The van der Waals surface area contributed by atoms with Crippen LogP contribution in [0.4, 0.5) is 0 Å². The fraction of sp³-hybridized carbons (Fsp3) is 0.417. The number of benzene rings is 1. The Morgan fingerprint density at radius 1 is 1.37 bits per heavy atom. The Hall–Kier alpha value is -1.44. The van der Waals surface area contributed by atoms with E-state index in [0.29, 0.717) is 0 Å². The number of carbonyl (C=O) groups is 1. The number of aliphatic carboxylic acids is 1. The molecule has 106 valence electrons. The van der Waals surface area contributed by atoms with Crippen LogP contribution in [-0.4, -0.2) is 36.9 Å². The molecular weight excluding hydrogens is 268 g/mol. The highest BCUT2D eigenvalue weighted by molar-refractivity contribution is 7.87. The van der Waals surface area contributed by atoms with E-state index in [1.165, 1.54) is 7.05 Å². The molecule has 0 aliphatic rings. The van der Waals surface area contributed by atoms with Crippen molar-refractivity contribution < 1.29 is 18.3 Å². The Kier molecular flexibility index (Phi) is 5.46. The van der Waals surface area contributed by atoms with Crippen molar-refractivity contribution in [1.29, 1.82) is 0 Å². The largest absolute Gasteiger partial charge is 0.480 e. The van der Waals surface area contributed by atoms with E-state index in [1.807, 2.05) is 18.2 Å². The van der Waals surface area contributed by atoms with E-state index in [9.17, 15) is 13.2 Å². The molecule has 0 aromatic heterocycles. The molecule has 0 aliphatic carbocycles. The maximum atomic E-state index is 12.0. The van der Waals surface area contributed by atoms with Gasteiger partial charge in [0, 0.05) is 13.6 Å². The monoisotopic (exact) mass is 286 g/mol. The second kappa shape index (κ2) is 6.65. The zero-order valence-corrected chi connectivity index (χ0v) is 11.7. The van der Waals surface area contributed by atoms with Crippen LogP contribution in [0, 0.1) is 0 Å². The topological polar surface area (TPSA) is 86.7 Å². The summed E-state index contributed by atoms with van der Waals surface area (Å²) in [6, 6.07) is 7.97. The molecule has 1 atom stereocenters. The zero-order chi connectivity index (χ0) is 14.5. The van der Waals surface area contributed by atoms with Crippen molar-refractivity contribution in [2.45, 2.75) is 25.9 Å². The summed E-state index contributed by atoms with van der Waals surface area (Å²) in [4.78, 5) is 10.8. The predicted molar refractivity (Wildman–Crippen MR) is 71.7 cm³/mol. The standard InChI is InChI=1S/C12H18N2O4S/c1-3-11(12(15)16)13-19(17,18)14(2)9-10-7-5-4-6-8-10/h4-8,11,13H,3,9H2,1-2H3,(H,15,16). The molecule has 0 radical (unpaired) electrons. The zero-order valence-electron chi connectivity index (χ0n) is 10.9. The predicted octanol–water partition coefficient (Wildman–Crippen LogP) is 0.816. The van der Waals surface area contributed by atoms with Gasteiger partial charge in [-0.25, -0.2) is 0 Å². The molecule has 0 amide bonds. The lowest BCUT2D eigenvalue weighted by Crippen LogP contribution is -2.46. The Labute approximate surface area is 113 Å². The Balaban J connectivity index is 2.74. The number of rotatable bonds is 7. The number of hydrogen-bond donors (Lipinski definition) is 2. The first-order valence-electron chi connectivity index (χ1n) is 5.87. The lowest BCUT2D eigenvalue weighted by atomic mass is 10.2. The number of carboxylic acids is 1. The third-order valence-electron chi connectivity index (χ3n) is 2.66. The summed E-state index contributed by atoms with van der Waals surface area (Å²) in [5, 5.41) is 8.86. The minimum absolute atomic E-state index is 0.187. The van der Waals surface area contributed by atoms with E-state index in [4.69, 9.17) is 5.11 Å². The number of carboxylic acid groups (broad SMARTS) is 1. The first-order valence-corrected chi connectivity index (χ1v) is 7.31. The molecule has 0 spiro atoms. The molecule has 0 saturated heterocycles. The molecule has 1 unspecified atom stereocenters. The van der Waals surface area contributed by atoms with Gasteiger partial charge in [0.2, 0.25) is 0 Å². The number of nitrogens with zero attached hydrogens (tertiary/aromatic N) is 1. The van der Waals surface area contributed by atoms with Crippen molar-refractivity contribution in [2.75, 3.05) is 7.05 Å². The van der Waals surface area contributed by atoms with Crippen LogP contribution in [0.25, 0.3) is 0 Å². The maximum Gasteiger partial charge on any atom is 0.321 e. The molecule has 0 aliphatic heterocycles. The molecule has 1 aromatic rings. The summed E-state index contributed by atoms with van der Waals surface area (Å²) < 4.78 is 27.2. The van der Waals surface area contributed by atoms with Crippen molar-refractivity contribution in [3.8, 4) is 0 Å². The van der Waals surface area contributed by atoms with Crippen molar-refractivity contribution >= 4 is 16.2 Å². The third kappa shape index (κ3) is 4.62. The maximum absolute atomic E-state index is 12.0. The summed E-state index contributed by atoms with van der Waals surface area (Å²) in [5.41, 5.74) is 0.832. The summed E-state index contributed by atoms with van der Waals surface area (Å²) in [6.07, 6.45) is 0.188. The van der Waals surface area contributed by atoms with Gasteiger partial charge in [-0.15, -0.1) is 0 Å². The van der Waals surface area contributed by atoms with Gasteiger partial charge in [-0.1, -0.05) is 37.3 Å². The molecule has 7 heteroatoms. The highest BCUT2D eigenvalue weighted by atomic mass is 32.2. The number of nitrogens with one attached hydrogen (secondary N) is 1. The lowest BCUT2D eigenvalue weighted by molar-refractivity contribution is -0.139. The van der Waals surface area contributed by atoms with Gasteiger partial charge in [0.15, 0.2) is 0 Å². The summed E-state index contributed by atoms with van der Waals surface area (Å²) in [7, 11) is -2.41. The lowest BCUT2D eigenvalue weighted by Gasteiger charge is -2.20. The first kappa shape index (κ1) is 15.6. The van der Waals surface area contributed by atoms with Gasteiger partial charge in [-0.2, -0.15) is 17.4 Å². The molecule has 0 heterocycles. The van der Waals surface area contributed by atoms with Crippen LogP contribution < -0.4 is 4.72 Å². The van der Waals surface area contributed by atoms with Crippen LogP contribution in [0.2, 0.25) is 0 Å². The molecule has 6 nitrogen and oxygen atoms in total. The van der Waals surface area contributed by atoms with Crippen molar-refractivity contribution in [1.82, 2.24) is 9.03 Å². The fourth-order valence-electron chi connectivity index (χ4n) is 1.50. The normalized spacial score (nSPS) is 13.4. The Bertz CT molecular complexity index is 516. The molecule has 19 heavy (non-hydrogen) atoms. The molecule has 1 rings (SSSR count). The minimum atomic E-state index is -3.81. The fourth-order valence-corrected chi connectivity index (χ4v) is 2.63. The summed E-state index contributed by atoms with van der Waals surface area (Å²) in [5.74, 6) is -1.18. The SMILES string of the molecule is CCC(NS(=O)(=O)N(C)Cc1ccccc1)C(=O)O.